The second kappa shape index (κ2) is 10.4. The Morgan fingerprint density at radius 1 is 1.25 bits per heavy atom. The zero-order valence-electron chi connectivity index (χ0n) is 16.5. The van der Waals surface area contributed by atoms with Crippen LogP contribution >= 0.6 is 11.3 Å². The van der Waals surface area contributed by atoms with Gasteiger partial charge in [0.15, 0.2) is 0 Å². The Balaban J connectivity index is 1.85. The van der Waals surface area contributed by atoms with Crippen LogP contribution < -0.4 is 5.32 Å². The molecule has 2 amide bonds. The van der Waals surface area contributed by atoms with Crippen molar-refractivity contribution in [3.63, 3.8) is 0 Å². The minimum Gasteiger partial charge on any atom is -0.351 e. The number of unbranched alkanes of at least 4 members (excludes halogenated alkanes) is 1. The van der Waals surface area contributed by atoms with Crippen molar-refractivity contribution in [3.05, 3.63) is 52.5 Å². The lowest BCUT2D eigenvalue weighted by atomic mass is 10.0. The van der Waals surface area contributed by atoms with Gasteiger partial charge in [0.2, 0.25) is 11.8 Å². The molecule has 0 radical (unpaired) electrons. The van der Waals surface area contributed by atoms with Gasteiger partial charge in [0.1, 0.15) is 6.04 Å². The fourth-order valence-electron chi connectivity index (χ4n) is 3.76. The van der Waals surface area contributed by atoms with Crippen molar-refractivity contribution in [3.8, 4) is 0 Å². The first-order chi connectivity index (χ1) is 13.7. The average Bonchev–Trinajstić information content (AvgIpc) is 3.40. The number of hydrogen-bond acceptors (Lipinski definition) is 4. The van der Waals surface area contributed by atoms with Crippen molar-refractivity contribution in [2.45, 2.75) is 64.0 Å². The summed E-state index contributed by atoms with van der Waals surface area (Å²) >= 11 is 1.58. The van der Waals surface area contributed by atoms with Crippen LogP contribution in [0.3, 0.4) is 0 Å². The standard InChI is InChI=1S/C22H29N3O2S/c1-2-3-14-25(20(26)16-19-9-6-15-28-19)21(17-10-12-23-13-11-17)22(27)24-18-7-4-5-8-18/h6,9-13,15,18,21H,2-5,7-8,14,16H2,1H3,(H,24,27)/t21-/m1/s1. The van der Waals surface area contributed by atoms with E-state index in [2.05, 4.69) is 17.2 Å². The molecule has 0 bridgehead atoms. The van der Waals surface area contributed by atoms with Crippen LogP contribution in [0.1, 0.15) is 61.9 Å². The van der Waals surface area contributed by atoms with Crippen LogP contribution in [-0.2, 0) is 16.0 Å². The minimum atomic E-state index is -0.609. The van der Waals surface area contributed by atoms with E-state index in [9.17, 15) is 9.59 Å². The Hall–Kier alpha value is -2.21. The van der Waals surface area contributed by atoms with E-state index in [0.29, 0.717) is 13.0 Å². The Kier molecular flexibility index (Phi) is 7.60. The highest BCUT2D eigenvalue weighted by Gasteiger charge is 2.32. The second-order valence-corrected chi connectivity index (χ2v) is 8.40. The third-order valence-corrected chi connectivity index (χ3v) is 6.14. The molecule has 0 spiro atoms. The number of amides is 2. The van der Waals surface area contributed by atoms with Crippen LogP contribution in [0, 0.1) is 0 Å². The first kappa shape index (κ1) is 20.5. The van der Waals surface area contributed by atoms with Gasteiger partial charge in [-0.2, -0.15) is 0 Å². The van der Waals surface area contributed by atoms with Crippen molar-refractivity contribution in [2.24, 2.45) is 0 Å². The van der Waals surface area contributed by atoms with Crippen molar-refractivity contribution in [2.75, 3.05) is 6.54 Å². The van der Waals surface area contributed by atoms with Gasteiger partial charge in [0.05, 0.1) is 6.42 Å². The molecular weight excluding hydrogens is 370 g/mol. The summed E-state index contributed by atoms with van der Waals surface area (Å²) in [6.45, 7) is 2.67. The molecule has 1 N–H and O–H groups in total. The van der Waals surface area contributed by atoms with E-state index in [0.717, 1.165) is 49.0 Å². The van der Waals surface area contributed by atoms with E-state index in [1.54, 1.807) is 28.6 Å². The highest BCUT2D eigenvalue weighted by molar-refractivity contribution is 7.10. The molecule has 28 heavy (non-hydrogen) atoms. The summed E-state index contributed by atoms with van der Waals surface area (Å²) < 4.78 is 0. The molecule has 1 atom stereocenters. The molecule has 1 saturated carbocycles. The van der Waals surface area contributed by atoms with Gasteiger partial charge in [-0.05, 0) is 48.4 Å². The Bertz CT molecular complexity index is 742. The Labute approximate surface area is 171 Å². The van der Waals surface area contributed by atoms with Crippen LogP contribution in [0.4, 0.5) is 0 Å². The van der Waals surface area contributed by atoms with Crippen LogP contribution in [-0.4, -0.2) is 34.3 Å². The molecule has 2 heterocycles. The quantitative estimate of drug-likeness (QED) is 0.690. The zero-order valence-corrected chi connectivity index (χ0v) is 17.3. The number of carbonyl (C=O) groups is 2. The number of rotatable bonds is 9. The maximum atomic E-state index is 13.3. The van der Waals surface area contributed by atoms with Crippen LogP contribution in [0.2, 0.25) is 0 Å². The zero-order chi connectivity index (χ0) is 19.8. The van der Waals surface area contributed by atoms with Gasteiger partial charge in [-0.15, -0.1) is 11.3 Å². The molecular formula is C22H29N3O2S. The maximum absolute atomic E-state index is 13.3. The second-order valence-electron chi connectivity index (χ2n) is 7.37. The number of thiophene rings is 1. The predicted octanol–water partition coefficient (Wildman–Crippen LogP) is 4.11. The largest absolute Gasteiger partial charge is 0.351 e. The molecule has 3 rings (SSSR count). The highest BCUT2D eigenvalue weighted by Crippen LogP contribution is 2.25. The molecule has 150 valence electrons. The number of carbonyl (C=O) groups excluding carboxylic acids is 2. The SMILES string of the molecule is CCCCN(C(=O)Cc1cccs1)[C@@H](C(=O)NC1CCCC1)c1ccncc1. The molecule has 1 fully saturated rings. The smallest absolute Gasteiger partial charge is 0.247 e. The van der Waals surface area contributed by atoms with Crippen LogP contribution in [0.25, 0.3) is 0 Å². The topological polar surface area (TPSA) is 62.3 Å². The molecule has 0 aliphatic heterocycles. The first-order valence-electron chi connectivity index (χ1n) is 10.2. The van der Waals surface area contributed by atoms with Gasteiger partial charge in [-0.25, -0.2) is 0 Å². The van der Waals surface area contributed by atoms with E-state index >= 15 is 0 Å². The van der Waals surface area contributed by atoms with E-state index < -0.39 is 6.04 Å². The van der Waals surface area contributed by atoms with Crippen LogP contribution in [0.15, 0.2) is 42.0 Å². The Morgan fingerprint density at radius 3 is 2.64 bits per heavy atom. The van der Waals surface area contributed by atoms with E-state index in [-0.39, 0.29) is 17.9 Å². The van der Waals surface area contributed by atoms with E-state index in [1.165, 1.54) is 0 Å². The summed E-state index contributed by atoms with van der Waals surface area (Å²) in [6, 6.07) is 7.23. The summed E-state index contributed by atoms with van der Waals surface area (Å²) in [5.41, 5.74) is 0.820. The first-order valence-corrected chi connectivity index (χ1v) is 11.1. The summed E-state index contributed by atoms with van der Waals surface area (Å²) in [6.07, 6.45) is 9.90. The summed E-state index contributed by atoms with van der Waals surface area (Å²) in [5, 5.41) is 5.18. The van der Waals surface area contributed by atoms with Gasteiger partial charge in [0, 0.05) is 29.9 Å². The monoisotopic (exact) mass is 399 g/mol. The fraction of sp³-hybridized carbons (Fsp3) is 0.500. The van der Waals surface area contributed by atoms with Gasteiger partial charge in [-0.1, -0.05) is 32.3 Å². The van der Waals surface area contributed by atoms with Crippen molar-refractivity contribution >= 4 is 23.2 Å². The van der Waals surface area contributed by atoms with Gasteiger partial charge in [-0.3, -0.25) is 14.6 Å². The molecule has 6 heteroatoms. The molecule has 0 aromatic carbocycles. The lowest BCUT2D eigenvalue weighted by molar-refractivity contribution is -0.140. The third-order valence-electron chi connectivity index (χ3n) is 5.26. The Morgan fingerprint density at radius 2 is 2.00 bits per heavy atom. The molecule has 1 aliphatic rings. The van der Waals surface area contributed by atoms with E-state index in [4.69, 9.17) is 0 Å². The number of pyridine rings is 1. The van der Waals surface area contributed by atoms with Gasteiger partial charge >= 0.3 is 0 Å². The highest BCUT2D eigenvalue weighted by atomic mass is 32.1. The normalized spacial score (nSPS) is 15.3. The molecule has 5 nitrogen and oxygen atoms in total. The fourth-order valence-corrected chi connectivity index (χ4v) is 4.45. The lowest BCUT2D eigenvalue weighted by Crippen LogP contribution is -2.46. The number of nitrogens with one attached hydrogen (secondary N) is 1. The number of aromatic nitrogens is 1. The van der Waals surface area contributed by atoms with Crippen LogP contribution in [0.5, 0.6) is 0 Å². The average molecular weight is 400 g/mol. The molecule has 0 saturated heterocycles. The number of nitrogens with zero attached hydrogens (tertiary/aromatic N) is 2. The third kappa shape index (κ3) is 5.41. The van der Waals surface area contributed by atoms with Crippen molar-refractivity contribution in [1.82, 2.24) is 15.2 Å². The number of hydrogen-bond donors (Lipinski definition) is 1. The van der Waals surface area contributed by atoms with Gasteiger partial charge in [0.25, 0.3) is 0 Å². The minimum absolute atomic E-state index is 0.000663. The molecule has 2 aromatic heterocycles. The van der Waals surface area contributed by atoms with Crippen molar-refractivity contribution < 1.29 is 9.59 Å². The summed E-state index contributed by atoms with van der Waals surface area (Å²) in [5.74, 6) is -0.0759. The maximum Gasteiger partial charge on any atom is 0.247 e. The summed E-state index contributed by atoms with van der Waals surface area (Å²) in [4.78, 5) is 33.4. The summed E-state index contributed by atoms with van der Waals surface area (Å²) in [7, 11) is 0. The van der Waals surface area contributed by atoms with E-state index in [1.807, 2.05) is 29.6 Å². The lowest BCUT2D eigenvalue weighted by Gasteiger charge is -2.32. The molecule has 0 unspecified atom stereocenters. The predicted molar refractivity (Wildman–Crippen MR) is 112 cm³/mol. The van der Waals surface area contributed by atoms with Crippen molar-refractivity contribution in [1.29, 1.82) is 0 Å². The molecule has 2 aromatic rings. The molecule has 1 aliphatic carbocycles. The van der Waals surface area contributed by atoms with Gasteiger partial charge < -0.3 is 10.2 Å².